The van der Waals surface area contributed by atoms with Crippen LogP contribution in [0.15, 0.2) is 60.7 Å². The summed E-state index contributed by atoms with van der Waals surface area (Å²) in [6.45, 7) is 2.06. The third-order valence-corrected chi connectivity index (χ3v) is 4.24. The Labute approximate surface area is 143 Å². The fourth-order valence-corrected chi connectivity index (χ4v) is 3.16. The maximum atomic E-state index is 11.5. The van der Waals surface area contributed by atoms with Gasteiger partial charge < -0.3 is 15.5 Å². The predicted octanol–water partition coefficient (Wildman–Crippen LogP) is 3.16. The van der Waals surface area contributed by atoms with Gasteiger partial charge >= 0.3 is 0 Å². The number of benzene rings is 2. The van der Waals surface area contributed by atoms with Crippen LogP contribution in [0.4, 0.5) is 0 Å². The van der Waals surface area contributed by atoms with Gasteiger partial charge in [0.15, 0.2) is 0 Å². The minimum atomic E-state index is -0.955. The largest absolute Gasteiger partial charge is 0.481 e. The van der Waals surface area contributed by atoms with Crippen LogP contribution in [0.2, 0.25) is 0 Å². The van der Waals surface area contributed by atoms with Crippen molar-refractivity contribution in [3.05, 3.63) is 71.8 Å². The Hall–Kier alpha value is -2.17. The van der Waals surface area contributed by atoms with E-state index in [9.17, 15) is 5.11 Å². The minimum Gasteiger partial charge on any atom is -0.481 e. The van der Waals surface area contributed by atoms with E-state index in [0.29, 0.717) is 0 Å². The molecule has 1 heterocycles. The fourth-order valence-electron chi connectivity index (χ4n) is 3.16. The fraction of sp³-hybridized carbons (Fsp3) is 0.350. The normalized spacial score (nSPS) is 17.5. The number of carbonyl (C=O) groups is 1. The molecule has 4 nitrogen and oxygen atoms in total. The number of carboxylic acid groups (broad SMARTS) is 1. The summed E-state index contributed by atoms with van der Waals surface area (Å²) >= 11 is 0. The Balaban J connectivity index is 0.000000471. The molecule has 0 radical (unpaired) electrons. The van der Waals surface area contributed by atoms with E-state index in [1.807, 2.05) is 60.7 Å². The highest BCUT2D eigenvalue weighted by Gasteiger charge is 2.40. The van der Waals surface area contributed by atoms with Crippen LogP contribution in [-0.4, -0.2) is 28.8 Å². The molecule has 0 saturated carbocycles. The van der Waals surface area contributed by atoms with Crippen molar-refractivity contribution in [1.29, 1.82) is 0 Å². The maximum absolute atomic E-state index is 11.5. The van der Waals surface area contributed by atoms with Gasteiger partial charge in [0, 0.05) is 13.0 Å². The van der Waals surface area contributed by atoms with Gasteiger partial charge in [0.1, 0.15) is 5.60 Å². The van der Waals surface area contributed by atoms with Crippen LogP contribution in [0, 0.1) is 0 Å². The molecule has 4 heteroatoms. The summed E-state index contributed by atoms with van der Waals surface area (Å²) in [5, 5.41) is 22.4. The summed E-state index contributed by atoms with van der Waals surface area (Å²) in [6.07, 6.45) is 3.36. The second-order valence-corrected chi connectivity index (χ2v) is 6.02. The summed E-state index contributed by atoms with van der Waals surface area (Å²) in [7, 11) is 0. The van der Waals surface area contributed by atoms with Gasteiger partial charge in [-0.1, -0.05) is 67.1 Å². The highest BCUT2D eigenvalue weighted by molar-refractivity contribution is 5.62. The molecule has 0 amide bonds. The van der Waals surface area contributed by atoms with Gasteiger partial charge in [0.2, 0.25) is 0 Å². The van der Waals surface area contributed by atoms with E-state index >= 15 is 0 Å². The summed E-state index contributed by atoms with van der Waals surface area (Å²) < 4.78 is 0. The van der Waals surface area contributed by atoms with Crippen molar-refractivity contribution >= 4 is 5.97 Å². The molecule has 1 aliphatic rings. The number of hydrogen-bond acceptors (Lipinski definition) is 3. The second kappa shape index (κ2) is 8.62. The first-order valence-electron chi connectivity index (χ1n) is 8.31. The zero-order valence-corrected chi connectivity index (χ0v) is 14.0. The van der Waals surface area contributed by atoms with Gasteiger partial charge in [-0.3, -0.25) is 4.79 Å². The van der Waals surface area contributed by atoms with Gasteiger partial charge in [-0.25, -0.2) is 0 Å². The number of hydrogen-bond donors (Lipinski definition) is 3. The average Bonchev–Trinajstić information content (AvgIpc) is 2.63. The summed E-state index contributed by atoms with van der Waals surface area (Å²) in [5.41, 5.74) is 0.972. The lowest BCUT2D eigenvalue weighted by atomic mass is 9.77. The molecular formula is C20H25NO3. The van der Waals surface area contributed by atoms with Crippen LogP contribution in [0.25, 0.3) is 0 Å². The third kappa shape index (κ3) is 4.43. The number of carboxylic acids is 1. The number of nitrogens with one attached hydrogen (secondary N) is 1. The van der Waals surface area contributed by atoms with Gasteiger partial charge in [-0.2, -0.15) is 0 Å². The Morgan fingerprint density at radius 1 is 1.00 bits per heavy atom. The lowest BCUT2D eigenvalue weighted by molar-refractivity contribution is -0.134. The van der Waals surface area contributed by atoms with Crippen molar-refractivity contribution in [2.75, 3.05) is 6.54 Å². The van der Waals surface area contributed by atoms with Crippen LogP contribution < -0.4 is 5.32 Å². The quantitative estimate of drug-likeness (QED) is 0.810. The van der Waals surface area contributed by atoms with E-state index in [4.69, 9.17) is 9.90 Å². The van der Waals surface area contributed by atoms with Crippen molar-refractivity contribution < 1.29 is 15.0 Å². The molecule has 2 aromatic carbocycles. The van der Waals surface area contributed by atoms with E-state index in [0.717, 1.165) is 31.0 Å². The van der Waals surface area contributed by atoms with Crippen molar-refractivity contribution in [3.8, 4) is 0 Å². The number of aliphatic carboxylic acids is 1. The van der Waals surface area contributed by atoms with Crippen LogP contribution in [0.5, 0.6) is 0 Å². The maximum Gasteiger partial charge on any atom is 0.300 e. The SMILES string of the molecule is CC(=O)O.OC(c1ccccc1)(c1ccccc1)C1CCCCN1. The molecule has 3 rings (SSSR count). The molecule has 128 valence electrons. The van der Waals surface area contributed by atoms with Gasteiger partial charge in [0.25, 0.3) is 5.97 Å². The van der Waals surface area contributed by atoms with Crippen LogP contribution in [0.3, 0.4) is 0 Å². The monoisotopic (exact) mass is 327 g/mol. The topological polar surface area (TPSA) is 69.6 Å². The molecule has 0 aliphatic carbocycles. The Morgan fingerprint density at radius 2 is 1.46 bits per heavy atom. The van der Waals surface area contributed by atoms with E-state index < -0.39 is 11.6 Å². The second-order valence-electron chi connectivity index (χ2n) is 6.02. The van der Waals surface area contributed by atoms with E-state index in [1.165, 1.54) is 12.8 Å². The number of rotatable bonds is 3. The minimum absolute atomic E-state index is 0.0704. The van der Waals surface area contributed by atoms with Crippen molar-refractivity contribution in [2.45, 2.75) is 37.8 Å². The molecule has 1 atom stereocenters. The van der Waals surface area contributed by atoms with Crippen molar-refractivity contribution in [1.82, 2.24) is 5.32 Å². The molecule has 2 aromatic rings. The Kier molecular flexibility index (Phi) is 6.53. The number of piperidine rings is 1. The molecule has 0 aromatic heterocycles. The van der Waals surface area contributed by atoms with Crippen molar-refractivity contribution in [2.24, 2.45) is 0 Å². The first kappa shape index (κ1) is 18.2. The molecule has 24 heavy (non-hydrogen) atoms. The molecule has 0 spiro atoms. The smallest absolute Gasteiger partial charge is 0.300 e. The standard InChI is InChI=1S/C18H21NO.C2H4O2/c20-18(15-9-3-1-4-10-15,16-11-5-2-6-12-16)17-13-7-8-14-19-17;1-2(3)4/h1-6,9-12,17,19-20H,7-8,13-14H2;1H3,(H,3,4). The lowest BCUT2D eigenvalue weighted by Gasteiger charge is -2.40. The molecule has 1 unspecified atom stereocenters. The molecular weight excluding hydrogens is 302 g/mol. The van der Waals surface area contributed by atoms with E-state index in [2.05, 4.69) is 5.32 Å². The lowest BCUT2D eigenvalue weighted by Crippen LogP contribution is -2.51. The van der Waals surface area contributed by atoms with E-state index in [-0.39, 0.29) is 6.04 Å². The van der Waals surface area contributed by atoms with Gasteiger partial charge in [-0.05, 0) is 30.5 Å². The van der Waals surface area contributed by atoms with Crippen molar-refractivity contribution in [3.63, 3.8) is 0 Å². The molecule has 0 bridgehead atoms. The Bertz CT molecular complexity index is 578. The number of aliphatic hydroxyl groups is 1. The summed E-state index contributed by atoms with van der Waals surface area (Å²) in [4.78, 5) is 9.00. The zero-order valence-electron chi connectivity index (χ0n) is 14.0. The van der Waals surface area contributed by atoms with Gasteiger partial charge in [0.05, 0.1) is 0 Å². The first-order valence-corrected chi connectivity index (χ1v) is 8.31. The zero-order chi connectivity index (χ0) is 17.4. The third-order valence-electron chi connectivity index (χ3n) is 4.24. The first-order chi connectivity index (χ1) is 11.5. The predicted molar refractivity (Wildman–Crippen MR) is 94.8 cm³/mol. The average molecular weight is 327 g/mol. The highest BCUT2D eigenvalue weighted by atomic mass is 16.4. The molecule has 1 saturated heterocycles. The summed E-state index contributed by atoms with van der Waals surface area (Å²) in [6, 6.07) is 20.1. The highest BCUT2D eigenvalue weighted by Crippen LogP contribution is 2.36. The Morgan fingerprint density at radius 3 is 1.83 bits per heavy atom. The van der Waals surface area contributed by atoms with Crippen LogP contribution in [-0.2, 0) is 10.4 Å². The molecule has 1 aliphatic heterocycles. The van der Waals surface area contributed by atoms with Gasteiger partial charge in [-0.15, -0.1) is 0 Å². The van der Waals surface area contributed by atoms with Crippen LogP contribution in [0.1, 0.15) is 37.3 Å². The van der Waals surface area contributed by atoms with Crippen LogP contribution >= 0.6 is 0 Å². The molecule has 3 N–H and O–H groups in total. The van der Waals surface area contributed by atoms with E-state index in [1.54, 1.807) is 0 Å². The molecule has 1 fully saturated rings. The summed E-state index contributed by atoms with van der Waals surface area (Å²) in [5.74, 6) is -0.833.